The average molecular weight is 475 g/mol. The van der Waals surface area contributed by atoms with E-state index in [0.717, 1.165) is 49.6 Å². The summed E-state index contributed by atoms with van der Waals surface area (Å²) in [5.74, 6) is -0.0130. The Labute approximate surface area is 208 Å². The zero-order valence-electron chi connectivity index (χ0n) is 20.8. The lowest BCUT2D eigenvalue weighted by atomic mass is 9.96. The van der Waals surface area contributed by atoms with Crippen LogP contribution in [0.1, 0.15) is 56.6 Å². The third-order valence-electron chi connectivity index (χ3n) is 6.93. The van der Waals surface area contributed by atoms with Crippen LogP contribution in [0.2, 0.25) is 0 Å². The number of urea groups is 1. The second-order valence-electron chi connectivity index (χ2n) is 9.62. The van der Waals surface area contributed by atoms with Gasteiger partial charge in [0.15, 0.2) is 0 Å². The predicted octanol–water partition coefficient (Wildman–Crippen LogP) is 5.49. The Hall–Kier alpha value is -3.28. The summed E-state index contributed by atoms with van der Waals surface area (Å²) in [4.78, 5) is 33.5. The van der Waals surface area contributed by atoms with Crippen LogP contribution < -0.4 is 5.32 Å². The Kier molecular flexibility index (Phi) is 8.82. The first-order chi connectivity index (χ1) is 17.1. The van der Waals surface area contributed by atoms with Gasteiger partial charge in [0.05, 0.1) is 0 Å². The largest absolute Gasteiger partial charge is 0.361 e. The maximum atomic E-state index is 13.5. The second-order valence-corrected chi connectivity index (χ2v) is 9.62. The second kappa shape index (κ2) is 12.4. The molecule has 1 fully saturated rings. The van der Waals surface area contributed by atoms with Gasteiger partial charge < -0.3 is 20.1 Å². The summed E-state index contributed by atoms with van der Waals surface area (Å²) in [7, 11) is 0. The third-order valence-corrected chi connectivity index (χ3v) is 6.93. The normalized spacial score (nSPS) is 14.1. The molecule has 0 saturated heterocycles. The van der Waals surface area contributed by atoms with Crippen LogP contribution in [0.3, 0.4) is 0 Å². The first-order valence-corrected chi connectivity index (χ1v) is 13.1. The van der Waals surface area contributed by atoms with Gasteiger partial charge in [0.1, 0.15) is 6.54 Å². The number of fused-ring (bicyclic) bond motifs is 1. The molecule has 4 rings (SSSR count). The number of para-hydroxylation sites is 1. The molecule has 3 aromatic rings. The third kappa shape index (κ3) is 6.87. The first-order valence-electron chi connectivity index (χ1n) is 13.1. The van der Waals surface area contributed by atoms with E-state index < -0.39 is 0 Å². The van der Waals surface area contributed by atoms with Crippen molar-refractivity contribution >= 4 is 22.8 Å². The zero-order chi connectivity index (χ0) is 24.5. The van der Waals surface area contributed by atoms with Crippen molar-refractivity contribution in [2.24, 2.45) is 0 Å². The molecule has 0 radical (unpaired) electrons. The molecule has 35 heavy (non-hydrogen) atoms. The Morgan fingerprint density at radius 1 is 0.943 bits per heavy atom. The molecule has 0 atom stereocenters. The van der Waals surface area contributed by atoms with Gasteiger partial charge in [-0.1, -0.05) is 74.7 Å². The number of rotatable bonds is 10. The summed E-state index contributed by atoms with van der Waals surface area (Å²) in [6.07, 6.45) is 9.25. The van der Waals surface area contributed by atoms with E-state index in [2.05, 4.69) is 22.4 Å². The number of carbonyl (C=O) groups excluding carboxylic acids is 2. The molecule has 0 unspecified atom stereocenters. The van der Waals surface area contributed by atoms with Crippen LogP contribution in [0.25, 0.3) is 10.9 Å². The SMILES string of the molecule is CCCN(CC(=O)N(CCc1c[nH]c2ccccc12)Cc1ccccc1)C(=O)NC1CCCCC1. The number of hydrogen-bond acceptors (Lipinski definition) is 2. The molecular formula is C29H38N4O2. The first kappa shape index (κ1) is 24.8. The van der Waals surface area contributed by atoms with Gasteiger partial charge >= 0.3 is 6.03 Å². The van der Waals surface area contributed by atoms with E-state index in [0.29, 0.717) is 19.6 Å². The average Bonchev–Trinajstić information content (AvgIpc) is 3.30. The van der Waals surface area contributed by atoms with Crippen molar-refractivity contribution in [1.29, 1.82) is 0 Å². The lowest BCUT2D eigenvalue weighted by Crippen LogP contribution is -2.50. The maximum Gasteiger partial charge on any atom is 0.318 e. The fourth-order valence-corrected chi connectivity index (χ4v) is 4.99. The van der Waals surface area contributed by atoms with E-state index in [1.165, 1.54) is 17.4 Å². The van der Waals surface area contributed by atoms with E-state index >= 15 is 0 Å². The molecular weight excluding hydrogens is 436 g/mol. The Balaban J connectivity index is 1.45. The highest BCUT2D eigenvalue weighted by Crippen LogP contribution is 2.20. The minimum absolute atomic E-state index is 0.0130. The Morgan fingerprint density at radius 2 is 1.69 bits per heavy atom. The van der Waals surface area contributed by atoms with Crippen molar-refractivity contribution in [3.8, 4) is 0 Å². The number of H-pyrrole nitrogens is 1. The van der Waals surface area contributed by atoms with Gasteiger partial charge in [0, 0.05) is 42.8 Å². The van der Waals surface area contributed by atoms with Gasteiger partial charge in [-0.3, -0.25) is 4.79 Å². The maximum absolute atomic E-state index is 13.5. The van der Waals surface area contributed by atoms with Gasteiger partial charge in [0.25, 0.3) is 0 Å². The standard InChI is InChI=1S/C29H38N4O2/c1-2-18-33(29(35)31-25-13-7-4-8-14-25)22-28(34)32(21-23-11-5-3-6-12-23)19-17-24-20-30-27-16-10-9-15-26(24)27/h3,5-6,9-12,15-16,20,25,30H,2,4,7-8,13-14,17-19,21-22H2,1H3,(H,31,35). The quantitative estimate of drug-likeness (QED) is 0.408. The molecule has 3 amide bonds. The van der Waals surface area contributed by atoms with Crippen LogP contribution in [-0.4, -0.2) is 52.4 Å². The smallest absolute Gasteiger partial charge is 0.318 e. The van der Waals surface area contributed by atoms with Crippen molar-refractivity contribution in [3.05, 3.63) is 71.9 Å². The van der Waals surface area contributed by atoms with Gasteiger partial charge in [-0.25, -0.2) is 4.79 Å². The number of nitrogens with one attached hydrogen (secondary N) is 2. The van der Waals surface area contributed by atoms with Crippen molar-refractivity contribution in [3.63, 3.8) is 0 Å². The summed E-state index contributed by atoms with van der Waals surface area (Å²) < 4.78 is 0. The minimum Gasteiger partial charge on any atom is -0.361 e. The molecule has 0 spiro atoms. The number of aromatic nitrogens is 1. The topological polar surface area (TPSA) is 68.4 Å². The summed E-state index contributed by atoms with van der Waals surface area (Å²) in [5, 5.41) is 4.38. The number of hydrogen-bond donors (Lipinski definition) is 2. The molecule has 1 heterocycles. The van der Waals surface area contributed by atoms with Crippen LogP contribution in [0.5, 0.6) is 0 Å². The molecule has 2 aromatic carbocycles. The molecule has 6 nitrogen and oxygen atoms in total. The van der Waals surface area contributed by atoms with Gasteiger partial charge in [0.2, 0.25) is 5.91 Å². The summed E-state index contributed by atoms with van der Waals surface area (Å²) in [5.41, 5.74) is 3.40. The van der Waals surface area contributed by atoms with Gasteiger partial charge in [-0.05, 0) is 42.9 Å². The minimum atomic E-state index is -0.108. The summed E-state index contributed by atoms with van der Waals surface area (Å²) in [6.45, 7) is 3.86. The lowest BCUT2D eigenvalue weighted by molar-refractivity contribution is -0.132. The number of benzene rings is 2. The van der Waals surface area contributed by atoms with E-state index in [-0.39, 0.29) is 24.5 Å². The van der Waals surface area contributed by atoms with E-state index in [4.69, 9.17) is 0 Å². The molecule has 1 aliphatic carbocycles. The van der Waals surface area contributed by atoms with Crippen LogP contribution >= 0.6 is 0 Å². The predicted molar refractivity (Wildman–Crippen MR) is 141 cm³/mol. The zero-order valence-corrected chi connectivity index (χ0v) is 20.8. The lowest BCUT2D eigenvalue weighted by Gasteiger charge is -2.30. The van der Waals surface area contributed by atoms with Crippen molar-refractivity contribution < 1.29 is 9.59 Å². The van der Waals surface area contributed by atoms with Crippen molar-refractivity contribution in [2.75, 3.05) is 19.6 Å². The van der Waals surface area contributed by atoms with Crippen LogP contribution in [-0.2, 0) is 17.8 Å². The fraction of sp³-hybridized carbons (Fsp3) is 0.448. The van der Waals surface area contributed by atoms with Crippen LogP contribution in [0.15, 0.2) is 60.8 Å². The van der Waals surface area contributed by atoms with Crippen LogP contribution in [0, 0.1) is 0 Å². The molecule has 0 aliphatic heterocycles. The van der Waals surface area contributed by atoms with Gasteiger partial charge in [-0.2, -0.15) is 0 Å². The molecule has 0 bridgehead atoms. The number of carbonyl (C=O) groups is 2. The summed E-state index contributed by atoms with van der Waals surface area (Å²) in [6, 6.07) is 18.4. The molecule has 186 valence electrons. The van der Waals surface area contributed by atoms with Gasteiger partial charge in [-0.15, -0.1) is 0 Å². The Bertz CT molecular complexity index is 1090. The number of nitrogens with zero attached hydrogens (tertiary/aromatic N) is 2. The highest BCUT2D eigenvalue weighted by Gasteiger charge is 2.24. The molecule has 1 aromatic heterocycles. The summed E-state index contributed by atoms with van der Waals surface area (Å²) >= 11 is 0. The van der Waals surface area contributed by atoms with E-state index in [1.807, 2.05) is 60.5 Å². The highest BCUT2D eigenvalue weighted by atomic mass is 16.2. The fourth-order valence-electron chi connectivity index (χ4n) is 4.99. The molecule has 1 aliphatic rings. The monoisotopic (exact) mass is 474 g/mol. The Morgan fingerprint density at radius 3 is 2.46 bits per heavy atom. The molecule has 1 saturated carbocycles. The number of aromatic amines is 1. The molecule has 6 heteroatoms. The van der Waals surface area contributed by atoms with Crippen molar-refractivity contribution in [2.45, 2.75) is 64.5 Å². The van der Waals surface area contributed by atoms with E-state index in [9.17, 15) is 9.59 Å². The van der Waals surface area contributed by atoms with Crippen molar-refractivity contribution in [1.82, 2.24) is 20.1 Å². The molecule has 2 N–H and O–H groups in total. The highest BCUT2D eigenvalue weighted by molar-refractivity contribution is 5.85. The number of amides is 3. The van der Waals surface area contributed by atoms with Crippen LogP contribution in [0.4, 0.5) is 4.79 Å². The van der Waals surface area contributed by atoms with E-state index in [1.54, 1.807) is 4.90 Å².